The van der Waals surface area contributed by atoms with Crippen molar-refractivity contribution < 1.29 is 19.1 Å². The highest BCUT2D eigenvalue weighted by molar-refractivity contribution is 5.95. The van der Waals surface area contributed by atoms with E-state index in [2.05, 4.69) is 0 Å². The summed E-state index contributed by atoms with van der Waals surface area (Å²) in [5.41, 5.74) is 4.22. The van der Waals surface area contributed by atoms with Gasteiger partial charge in [0.15, 0.2) is 6.29 Å². The van der Waals surface area contributed by atoms with Gasteiger partial charge in [-0.15, -0.1) is 0 Å². The summed E-state index contributed by atoms with van der Waals surface area (Å²) in [6.07, 6.45) is 0.307. The smallest absolute Gasteiger partial charge is 0.251 e. The number of carbonyl (C=O) groups excluding carboxylic acids is 2. The second-order valence-corrected chi connectivity index (χ2v) is 2.37. The molecule has 1 aromatic rings. The summed E-state index contributed by atoms with van der Waals surface area (Å²) in [5, 5.41) is 8.97. The van der Waals surface area contributed by atoms with Crippen molar-refractivity contribution in [3.63, 3.8) is 0 Å². The first-order chi connectivity index (χ1) is 6.06. The van der Waals surface area contributed by atoms with Crippen molar-refractivity contribution in [2.45, 2.75) is 0 Å². The molecule has 4 nitrogen and oxygen atoms in total. The molecule has 0 heterocycles. The molecule has 0 spiro atoms. The van der Waals surface area contributed by atoms with Gasteiger partial charge in [0.05, 0.1) is 11.1 Å². The van der Waals surface area contributed by atoms with Gasteiger partial charge in [-0.2, -0.15) is 0 Å². The highest BCUT2D eigenvalue weighted by Crippen LogP contribution is 2.19. The molecule has 3 N–H and O–H groups in total. The van der Waals surface area contributed by atoms with Crippen molar-refractivity contribution in [3.05, 3.63) is 29.1 Å². The number of amides is 1. The van der Waals surface area contributed by atoms with E-state index >= 15 is 0 Å². The third-order valence-electron chi connectivity index (χ3n) is 1.51. The highest BCUT2D eigenvalue weighted by Gasteiger charge is 2.12. The van der Waals surface area contributed by atoms with E-state index in [1.807, 2.05) is 0 Å². The summed E-state index contributed by atoms with van der Waals surface area (Å²) < 4.78 is 12.8. The number of phenolic OH excluding ortho intramolecular Hbond substituents is 1. The Kier molecular flexibility index (Phi) is 2.27. The lowest BCUT2D eigenvalue weighted by Gasteiger charge is -2.01. The molecule has 0 aliphatic carbocycles. The van der Waals surface area contributed by atoms with Crippen LogP contribution >= 0.6 is 0 Å². The number of primary amides is 1. The van der Waals surface area contributed by atoms with Crippen molar-refractivity contribution in [1.82, 2.24) is 0 Å². The maximum Gasteiger partial charge on any atom is 0.251 e. The fourth-order valence-electron chi connectivity index (χ4n) is 0.863. The molecular weight excluding hydrogens is 177 g/mol. The lowest BCUT2D eigenvalue weighted by atomic mass is 10.1. The summed E-state index contributed by atoms with van der Waals surface area (Å²) >= 11 is 0. The lowest BCUT2D eigenvalue weighted by Crippen LogP contribution is -2.13. The summed E-state index contributed by atoms with van der Waals surface area (Å²) in [6, 6.07) is 1.57. The second-order valence-electron chi connectivity index (χ2n) is 2.37. The Morgan fingerprint density at radius 1 is 1.54 bits per heavy atom. The molecule has 0 radical (unpaired) electrons. The summed E-state index contributed by atoms with van der Waals surface area (Å²) in [4.78, 5) is 20.9. The Labute approximate surface area is 72.8 Å². The van der Waals surface area contributed by atoms with Crippen LogP contribution in [0.1, 0.15) is 20.7 Å². The minimum Gasteiger partial charge on any atom is -0.507 e. The van der Waals surface area contributed by atoms with Crippen molar-refractivity contribution in [2.24, 2.45) is 5.73 Å². The molecule has 0 saturated carbocycles. The fraction of sp³-hybridized carbons (Fsp3) is 0. The van der Waals surface area contributed by atoms with E-state index in [1.54, 1.807) is 0 Å². The van der Waals surface area contributed by atoms with Crippen LogP contribution in [-0.2, 0) is 0 Å². The van der Waals surface area contributed by atoms with Crippen LogP contribution < -0.4 is 5.73 Å². The van der Waals surface area contributed by atoms with Gasteiger partial charge in [0.1, 0.15) is 11.6 Å². The van der Waals surface area contributed by atoms with Crippen LogP contribution in [0.2, 0.25) is 0 Å². The van der Waals surface area contributed by atoms with Crippen molar-refractivity contribution in [2.75, 3.05) is 0 Å². The van der Waals surface area contributed by atoms with E-state index in [0.717, 1.165) is 6.07 Å². The van der Waals surface area contributed by atoms with Crippen molar-refractivity contribution in [1.29, 1.82) is 0 Å². The average molecular weight is 183 g/mol. The molecule has 0 aromatic heterocycles. The molecule has 0 unspecified atom stereocenters. The molecule has 0 atom stereocenters. The van der Waals surface area contributed by atoms with Gasteiger partial charge in [-0.05, 0) is 6.07 Å². The van der Waals surface area contributed by atoms with Gasteiger partial charge in [0.25, 0.3) is 5.91 Å². The van der Waals surface area contributed by atoms with Crippen LogP contribution in [0.25, 0.3) is 0 Å². The number of aldehydes is 1. The largest absolute Gasteiger partial charge is 0.507 e. The number of nitrogens with two attached hydrogens (primary N) is 1. The number of phenols is 1. The summed E-state index contributed by atoms with van der Waals surface area (Å²) in [6.45, 7) is 0. The Bertz CT molecular complexity index is 376. The Balaban J connectivity index is 3.38. The molecule has 0 aliphatic heterocycles. The molecule has 13 heavy (non-hydrogen) atoms. The van der Waals surface area contributed by atoms with Gasteiger partial charge < -0.3 is 10.8 Å². The molecule has 5 heteroatoms. The Morgan fingerprint density at radius 2 is 2.15 bits per heavy atom. The van der Waals surface area contributed by atoms with Crippen molar-refractivity contribution in [3.8, 4) is 5.75 Å². The SMILES string of the molecule is NC(=O)c1cc(C=O)c(O)cc1F. The van der Waals surface area contributed by atoms with E-state index in [9.17, 15) is 14.0 Å². The zero-order valence-corrected chi connectivity index (χ0v) is 6.45. The first-order valence-electron chi connectivity index (χ1n) is 3.33. The van der Waals surface area contributed by atoms with Crippen LogP contribution in [0.15, 0.2) is 12.1 Å². The van der Waals surface area contributed by atoms with Gasteiger partial charge in [0.2, 0.25) is 0 Å². The lowest BCUT2D eigenvalue weighted by molar-refractivity contribution is 0.0996. The van der Waals surface area contributed by atoms with E-state index < -0.39 is 23.0 Å². The normalized spacial score (nSPS) is 9.62. The molecule has 0 fully saturated rings. The van der Waals surface area contributed by atoms with Crippen LogP contribution in [0.3, 0.4) is 0 Å². The number of hydrogen-bond acceptors (Lipinski definition) is 3. The van der Waals surface area contributed by atoms with Gasteiger partial charge in [-0.25, -0.2) is 4.39 Å². The minimum absolute atomic E-state index is 0.171. The first kappa shape index (κ1) is 9.18. The molecule has 0 bridgehead atoms. The first-order valence-corrected chi connectivity index (χ1v) is 3.33. The second kappa shape index (κ2) is 3.22. The van der Waals surface area contributed by atoms with Crippen molar-refractivity contribution >= 4 is 12.2 Å². The number of halogens is 1. The van der Waals surface area contributed by atoms with E-state index in [-0.39, 0.29) is 5.56 Å². The quantitative estimate of drug-likeness (QED) is 0.653. The van der Waals surface area contributed by atoms with Crippen LogP contribution in [0.5, 0.6) is 5.75 Å². The predicted octanol–water partition coefficient (Wildman–Crippen LogP) is 0.443. The highest BCUT2D eigenvalue weighted by atomic mass is 19.1. The molecule has 0 aliphatic rings. The molecule has 1 rings (SSSR count). The fourth-order valence-corrected chi connectivity index (χ4v) is 0.863. The topological polar surface area (TPSA) is 80.4 Å². The number of rotatable bonds is 2. The molecule has 1 aromatic carbocycles. The monoisotopic (exact) mass is 183 g/mol. The van der Waals surface area contributed by atoms with E-state index in [0.29, 0.717) is 12.4 Å². The number of benzene rings is 1. The Morgan fingerprint density at radius 3 is 2.62 bits per heavy atom. The van der Waals surface area contributed by atoms with Gasteiger partial charge in [-0.3, -0.25) is 9.59 Å². The summed E-state index contributed by atoms with van der Waals surface area (Å²) in [5.74, 6) is -2.45. The molecule has 1 amide bonds. The third kappa shape index (κ3) is 1.64. The average Bonchev–Trinajstić information content (AvgIpc) is 2.03. The predicted molar refractivity (Wildman–Crippen MR) is 42.0 cm³/mol. The standard InChI is InChI=1S/C8H6FNO3/c9-6-2-7(12)4(3-11)1-5(6)8(10)13/h1-3,12H,(H2,10,13). The Hall–Kier alpha value is -1.91. The molecular formula is C8H6FNO3. The third-order valence-corrected chi connectivity index (χ3v) is 1.51. The van der Waals surface area contributed by atoms with E-state index in [4.69, 9.17) is 10.8 Å². The number of hydrogen-bond donors (Lipinski definition) is 2. The molecule has 0 saturated heterocycles. The zero-order valence-electron chi connectivity index (χ0n) is 6.45. The zero-order chi connectivity index (χ0) is 10.0. The maximum absolute atomic E-state index is 12.8. The van der Waals surface area contributed by atoms with Crippen LogP contribution in [0, 0.1) is 5.82 Å². The number of carbonyl (C=O) groups is 2. The molecule has 68 valence electrons. The van der Waals surface area contributed by atoms with Gasteiger partial charge >= 0.3 is 0 Å². The van der Waals surface area contributed by atoms with Gasteiger partial charge in [-0.1, -0.05) is 0 Å². The van der Waals surface area contributed by atoms with E-state index in [1.165, 1.54) is 0 Å². The summed E-state index contributed by atoms with van der Waals surface area (Å²) in [7, 11) is 0. The van der Waals surface area contributed by atoms with Gasteiger partial charge in [0, 0.05) is 6.07 Å². The minimum atomic E-state index is -0.986. The number of aromatic hydroxyl groups is 1. The van der Waals surface area contributed by atoms with Crippen LogP contribution in [-0.4, -0.2) is 17.3 Å². The maximum atomic E-state index is 12.8. The van der Waals surface area contributed by atoms with Crippen LogP contribution in [0.4, 0.5) is 4.39 Å².